The van der Waals surface area contributed by atoms with Crippen molar-refractivity contribution in [2.75, 3.05) is 24.3 Å². The molecule has 2 aromatic rings. The molecule has 0 amide bonds. The summed E-state index contributed by atoms with van der Waals surface area (Å²) in [7, 11) is -3.48. The van der Waals surface area contributed by atoms with Crippen LogP contribution >= 0.6 is 0 Å². The number of fused-ring (bicyclic) bond motifs is 2. The van der Waals surface area contributed by atoms with Gasteiger partial charge in [-0.25, -0.2) is 23.4 Å². The van der Waals surface area contributed by atoms with E-state index in [1.807, 2.05) is 0 Å². The van der Waals surface area contributed by atoms with E-state index in [0.717, 1.165) is 32.1 Å². The number of sulfone groups is 1. The van der Waals surface area contributed by atoms with Gasteiger partial charge >= 0.3 is 0 Å². The van der Waals surface area contributed by atoms with E-state index in [4.69, 9.17) is 4.74 Å². The monoisotopic (exact) mass is 320 g/mol. The molecule has 0 bridgehead atoms. The fourth-order valence-electron chi connectivity index (χ4n) is 3.12. The van der Waals surface area contributed by atoms with Crippen LogP contribution in [0.5, 0.6) is 5.88 Å². The van der Waals surface area contributed by atoms with Gasteiger partial charge < -0.3 is 9.64 Å². The van der Waals surface area contributed by atoms with Gasteiger partial charge in [-0.2, -0.15) is 0 Å². The molecule has 116 valence electrons. The molecule has 2 aromatic heterocycles. The Morgan fingerprint density at radius 3 is 3.00 bits per heavy atom. The molecule has 0 radical (unpaired) electrons. The quantitative estimate of drug-likeness (QED) is 0.729. The van der Waals surface area contributed by atoms with Gasteiger partial charge in [0.2, 0.25) is 20.9 Å². The Hall–Kier alpha value is -1.96. The molecule has 2 aliphatic rings. The minimum atomic E-state index is -3.48. The summed E-state index contributed by atoms with van der Waals surface area (Å²) in [6.45, 7) is 1.38. The molecule has 1 fully saturated rings. The smallest absolute Gasteiger partial charge is 0.249 e. The summed E-state index contributed by atoms with van der Waals surface area (Å²) in [4.78, 5) is 15.0. The van der Waals surface area contributed by atoms with E-state index in [2.05, 4.69) is 19.9 Å². The third-order valence-corrected chi connectivity index (χ3v) is 5.02. The fraction of sp³-hybridized carbons (Fsp3) is 0.500. The van der Waals surface area contributed by atoms with Crippen LogP contribution in [-0.4, -0.2) is 48.8 Å². The topological polar surface area (TPSA) is 85.3 Å². The van der Waals surface area contributed by atoms with E-state index in [1.54, 1.807) is 12.3 Å². The lowest BCUT2D eigenvalue weighted by Crippen LogP contribution is -2.43. The highest BCUT2D eigenvalue weighted by Crippen LogP contribution is 2.37. The second-order valence-electron chi connectivity index (χ2n) is 5.77. The largest absolute Gasteiger partial charge is 0.475 e. The van der Waals surface area contributed by atoms with Crippen LogP contribution < -0.4 is 9.64 Å². The zero-order valence-corrected chi connectivity index (χ0v) is 13.0. The molecule has 1 unspecified atom stereocenters. The van der Waals surface area contributed by atoms with E-state index in [1.165, 1.54) is 0 Å². The second kappa shape index (κ2) is 4.77. The van der Waals surface area contributed by atoms with Gasteiger partial charge in [0.15, 0.2) is 0 Å². The van der Waals surface area contributed by atoms with Crippen LogP contribution in [0.15, 0.2) is 17.4 Å². The molecule has 22 heavy (non-hydrogen) atoms. The van der Waals surface area contributed by atoms with Crippen molar-refractivity contribution in [3.05, 3.63) is 12.3 Å². The van der Waals surface area contributed by atoms with Gasteiger partial charge in [-0.15, -0.1) is 0 Å². The van der Waals surface area contributed by atoms with Crippen LogP contribution in [0, 0.1) is 0 Å². The van der Waals surface area contributed by atoms with Gasteiger partial charge in [0.05, 0.1) is 11.6 Å². The van der Waals surface area contributed by atoms with Crippen LogP contribution in [0.25, 0.3) is 10.9 Å². The molecule has 0 N–H and O–H groups in total. The van der Waals surface area contributed by atoms with Crippen molar-refractivity contribution >= 4 is 26.6 Å². The van der Waals surface area contributed by atoms with E-state index < -0.39 is 9.84 Å². The van der Waals surface area contributed by atoms with Gasteiger partial charge in [0, 0.05) is 19.0 Å². The number of piperidine rings is 1. The molecule has 1 saturated heterocycles. The maximum atomic E-state index is 11.9. The number of ether oxygens (including phenoxy) is 1. The number of aromatic nitrogens is 3. The number of hydrogen-bond donors (Lipinski definition) is 0. The van der Waals surface area contributed by atoms with Crippen molar-refractivity contribution in [3.8, 4) is 5.88 Å². The average Bonchev–Trinajstić information content (AvgIpc) is 2.66. The molecule has 1 atom stereocenters. The van der Waals surface area contributed by atoms with Crippen molar-refractivity contribution < 1.29 is 13.2 Å². The predicted molar refractivity (Wildman–Crippen MR) is 80.9 cm³/mol. The molecule has 4 heterocycles. The first-order chi connectivity index (χ1) is 10.5. The van der Waals surface area contributed by atoms with E-state index in [9.17, 15) is 8.42 Å². The Bertz CT molecular complexity index is 853. The third kappa shape index (κ3) is 2.09. The maximum Gasteiger partial charge on any atom is 0.249 e. The highest BCUT2D eigenvalue weighted by atomic mass is 32.2. The zero-order valence-electron chi connectivity index (χ0n) is 12.2. The van der Waals surface area contributed by atoms with Crippen molar-refractivity contribution in [3.63, 3.8) is 0 Å². The Labute approximate surface area is 128 Å². The van der Waals surface area contributed by atoms with Gasteiger partial charge in [0.1, 0.15) is 17.8 Å². The van der Waals surface area contributed by atoms with Gasteiger partial charge in [-0.05, 0) is 25.3 Å². The molecule has 0 saturated carbocycles. The molecule has 0 spiro atoms. The van der Waals surface area contributed by atoms with E-state index in [0.29, 0.717) is 29.2 Å². The predicted octanol–water partition coefficient (Wildman–Crippen LogP) is 1.18. The number of pyridine rings is 1. The molecule has 2 aliphatic heterocycles. The van der Waals surface area contributed by atoms with Crippen molar-refractivity contribution in [1.82, 2.24) is 15.0 Å². The second-order valence-corrected chi connectivity index (χ2v) is 7.68. The number of anilines is 1. The van der Waals surface area contributed by atoms with E-state index in [-0.39, 0.29) is 11.2 Å². The molecule has 7 nitrogen and oxygen atoms in total. The number of hydrogen-bond acceptors (Lipinski definition) is 7. The summed E-state index contributed by atoms with van der Waals surface area (Å²) >= 11 is 0. The van der Waals surface area contributed by atoms with Crippen molar-refractivity contribution in [2.24, 2.45) is 0 Å². The lowest BCUT2D eigenvalue weighted by Gasteiger charge is -2.34. The van der Waals surface area contributed by atoms with Crippen LogP contribution in [0.4, 0.5) is 5.82 Å². The maximum absolute atomic E-state index is 11.9. The minimum Gasteiger partial charge on any atom is -0.475 e. The van der Waals surface area contributed by atoms with Gasteiger partial charge in [0.25, 0.3) is 0 Å². The van der Waals surface area contributed by atoms with Gasteiger partial charge in [-0.3, -0.25) is 0 Å². The standard InChI is InChI=1S/C14H16N4O3S/c1-22(19,20)14-16-10-5-6-15-13-11(10)12(17-14)18-7-3-2-4-9(18)8-21-13/h5-6,9H,2-4,7-8H2,1H3. The summed E-state index contributed by atoms with van der Waals surface area (Å²) in [6, 6.07) is 1.90. The minimum absolute atomic E-state index is 0.140. The third-order valence-electron chi connectivity index (χ3n) is 4.18. The molecular weight excluding hydrogens is 304 g/mol. The van der Waals surface area contributed by atoms with Crippen LogP contribution in [-0.2, 0) is 9.84 Å². The molecule has 4 rings (SSSR count). The molecule has 0 aliphatic carbocycles. The summed E-state index contributed by atoms with van der Waals surface area (Å²) in [5.41, 5.74) is 0.557. The zero-order chi connectivity index (χ0) is 15.3. The SMILES string of the molecule is CS(=O)(=O)c1nc2c3c(nccc3n1)OCC1CCCCN21. The number of rotatable bonds is 1. The lowest BCUT2D eigenvalue weighted by molar-refractivity contribution is 0.260. The van der Waals surface area contributed by atoms with Crippen LogP contribution in [0.1, 0.15) is 19.3 Å². The Morgan fingerprint density at radius 2 is 2.18 bits per heavy atom. The molecule has 8 heteroatoms. The first-order valence-electron chi connectivity index (χ1n) is 7.30. The highest BCUT2D eigenvalue weighted by molar-refractivity contribution is 7.90. The summed E-state index contributed by atoms with van der Waals surface area (Å²) in [5.74, 6) is 1.12. The molecular formula is C14H16N4O3S. The summed E-state index contributed by atoms with van der Waals surface area (Å²) in [6.07, 6.45) is 5.93. The first kappa shape index (κ1) is 13.7. The van der Waals surface area contributed by atoms with Crippen molar-refractivity contribution in [2.45, 2.75) is 30.5 Å². The first-order valence-corrected chi connectivity index (χ1v) is 9.19. The summed E-state index contributed by atoms with van der Waals surface area (Å²) < 4.78 is 29.6. The van der Waals surface area contributed by atoms with Crippen LogP contribution in [0.3, 0.4) is 0 Å². The average molecular weight is 320 g/mol. The number of nitrogens with zero attached hydrogens (tertiary/aromatic N) is 4. The Balaban J connectivity index is 2.03. The molecule has 0 aromatic carbocycles. The van der Waals surface area contributed by atoms with Crippen LogP contribution in [0.2, 0.25) is 0 Å². The Morgan fingerprint density at radius 1 is 1.32 bits per heavy atom. The summed E-state index contributed by atoms with van der Waals surface area (Å²) in [5, 5.41) is 0.567. The normalized spacial score (nSPS) is 21.1. The fourth-order valence-corrected chi connectivity index (χ4v) is 3.64. The van der Waals surface area contributed by atoms with Crippen molar-refractivity contribution in [1.29, 1.82) is 0 Å². The lowest BCUT2D eigenvalue weighted by atomic mass is 10.0. The highest BCUT2D eigenvalue weighted by Gasteiger charge is 2.32. The van der Waals surface area contributed by atoms with Gasteiger partial charge in [-0.1, -0.05) is 0 Å². The van der Waals surface area contributed by atoms with E-state index >= 15 is 0 Å². The Kier molecular flexibility index (Phi) is 2.97.